The summed E-state index contributed by atoms with van der Waals surface area (Å²) in [6, 6.07) is 67.5. The van der Waals surface area contributed by atoms with Gasteiger partial charge in [0.05, 0.1) is 102 Å². The summed E-state index contributed by atoms with van der Waals surface area (Å²) in [4.78, 5) is 7.07. The monoisotopic (exact) mass is 1300 g/mol. The van der Waals surface area contributed by atoms with Gasteiger partial charge in [0.1, 0.15) is 6.07 Å². The molecule has 98 heavy (non-hydrogen) atoms. The van der Waals surface area contributed by atoms with Crippen LogP contribution in [0.4, 0.5) is 50.9 Å². The van der Waals surface area contributed by atoms with Crippen LogP contribution in [0.5, 0.6) is 0 Å². The summed E-state index contributed by atoms with van der Waals surface area (Å²) in [6.45, 7) is 23.5. The van der Waals surface area contributed by atoms with Crippen molar-refractivity contribution < 1.29 is 39.5 Å². The molecule has 0 unspecified atom stereocenters. The van der Waals surface area contributed by atoms with Gasteiger partial charge in [-0.15, -0.1) is 0 Å². The average Bonchev–Trinajstić information content (AvgIpc) is 1.28. The summed E-state index contributed by atoms with van der Waals surface area (Å²) in [5, 5.41) is 17.4. The Balaban J connectivity index is 0.000000160. The molecule has 4 aromatic heterocycles. The summed E-state index contributed by atoms with van der Waals surface area (Å²) < 4.78 is 143. The maximum absolute atomic E-state index is 15.5. The molecule has 16 aromatic rings. The molecule has 0 aliphatic carbocycles. The predicted octanol–water partition coefficient (Wildman–Crippen LogP) is 24.4. The number of aryl methyl sites for hydroxylation is 4. The zero-order valence-corrected chi connectivity index (χ0v) is 52.5. The molecule has 476 valence electrons. The second-order valence-corrected chi connectivity index (χ2v) is 24.5. The van der Waals surface area contributed by atoms with E-state index < -0.39 is 40.8 Å². The number of hydrogen-bond donors (Lipinski definition) is 0. The molecule has 0 saturated carbocycles. The predicted molar refractivity (Wildman–Crippen MR) is 372 cm³/mol. The number of benzene rings is 12. The van der Waals surface area contributed by atoms with E-state index >= 15 is 13.2 Å². The highest BCUT2D eigenvalue weighted by Gasteiger charge is 2.41. The van der Waals surface area contributed by atoms with E-state index in [4.69, 9.17) is 13.1 Å². The van der Waals surface area contributed by atoms with Gasteiger partial charge in [0.2, 0.25) is 0 Å². The number of hydrogen-bond acceptors (Lipinski definition) is 1. The van der Waals surface area contributed by atoms with Gasteiger partial charge < -0.3 is 18.3 Å². The Hall–Kier alpha value is -12.3. The molecule has 0 atom stereocenters. The van der Waals surface area contributed by atoms with Crippen LogP contribution >= 0.6 is 0 Å². The molecule has 0 N–H and O–H groups in total. The van der Waals surface area contributed by atoms with Gasteiger partial charge in [-0.05, 0) is 134 Å². The van der Waals surface area contributed by atoms with E-state index in [2.05, 4.69) is 15.8 Å². The van der Waals surface area contributed by atoms with E-state index in [-0.39, 0.29) is 45.0 Å². The number of halogens is 9. The molecule has 4 heterocycles. The lowest BCUT2D eigenvalue weighted by atomic mass is 9.93. The van der Waals surface area contributed by atoms with Gasteiger partial charge in [-0.1, -0.05) is 158 Å². The molecular formula is C82H50F9N7. The van der Waals surface area contributed by atoms with Gasteiger partial charge in [0.15, 0.2) is 11.4 Å². The molecular weight excluding hydrogens is 1250 g/mol. The third-order valence-electron chi connectivity index (χ3n) is 18.4. The highest BCUT2D eigenvalue weighted by Crippen LogP contribution is 2.52. The fourth-order valence-electron chi connectivity index (χ4n) is 14.3. The number of nitrogens with zero attached hydrogens (tertiary/aromatic N) is 7. The molecule has 0 radical (unpaired) electrons. The van der Waals surface area contributed by atoms with Gasteiger partial charge in [-0.25, -0.2) is 9.69 Å². The lowest BCUT2D eigenvalue weighted by molar-refractivity contribution is -0.138. The minimum atomic E-state index is -4.93. The molecule has 0 aliphatic rings. The van der Waals surface area contributed by atoms with Crippen molar-refractivity contribution in [2.24, 2.45) is 0 Å². The molecule has 16 rings (SSSR count). The Morgan fingerprint density at radius 1 is 0.306 bits per heavy atom. The van der Waals surface area contributed by atoms with Crippen molar-refractivity contribution in [1.29, 1.82) is 5.26 Å². The third-order valence-corrected chi connectivity index (χ3v) is 18.4. The fraction of sp³-hybridized carbons (Fsp3) is 0.0854. The lowest BCUT2D eigenvalue weighted by Crippen LogP contribution is -2.14. The van der Waals surface area contributed by atoms with Crippen molar-refractivity contribution in [3.05, 3.63) is 298 Å². The standard InChI is InChI=1S/C41H25F6N3.C41H25F3N4/c1-23-15-17-27-25-9-4-6-13-33(25)49(35(27)19-23)37-22-31(41(45,46)47)38(21-29(37)39-30(40(42,43)44)11-8-12-32(39)48-3)50-34-14-7-5-10-26(34)28-18-16-24(2)20-36(28)50;1-24-15-17-29-27-9-4-6-13-34(27)47(37(29)19-24)36-22-31(40-32(41(42,43)44)11-8-12-33(40)46-3)39(21-26(36)23-45)48-35-14-7-5-10-28(35)30-18-16-25(2)20-38(30)48/h4-22H,1-2H3;4-22H,1-2H3. The summed E-state index contributed by atoms with van der Waals surface area (Å²) in [5.41, 5.74) is 5.17. The Labute approximate surface area is 554 Å². The number of fused-ring (bicyclic) bond motifs is 12. The van der Waals surface area contributed by atoms with Crippen molar-refractivity contribution in [2.45, 2.75) is 46.2 Å². The maximum Gasteiger partial charge on any atom is 0.418 e. The van der Waals surface area contributed by atoms with E-state index in [1.807, 2.05) is 164 Å². The summed E-state index contributed by atoms with van der Waals surface area (Å²) in [6.07, 6.45) is -14.6. The van der Waals surface area contributed by atoms with Crippen LogP contribution in [0.2, 0.25) is 0 Å². The van der Waals surface area contributed by atoms with Crippen molar-refractivity contribution in [3.8, 4) is 51.1 Å². The van der Waals surface area contributed by atoms with Gasteiger partial charge in [-0.2, -0.15) is 44.8 Å². The van der Waals surface area contributed by atoms with Crippen LogP contribution in [0.1, 0.15) is 44.5 Å². The van der Waals surface area contributed by atoms with E-state index in [0.717, 1.165) is 101 Å². The largest absolute Gasteiger partial charge is 0.418 e. The van der Waals surface area contributed by atoms with Crippen LogP contribution in [-0.4, -0.2) is 18.3 Å². The molecule has 0 amide bonds. The maximum atomic E-state index is 15.5. The van der Waals surface area contributed by atoms with Crippen LogP contribution in [-0.2, 0) is 18.5 Å². The first-order valence-corrected chi connectivity index (χ1v) is 31.1. The van der Waals surface area contributed by atoms with Gasteiger partial charge in [0.25, 0.3) is 0 Å². The molecule has 0 saturated heterocycles. The normalized spacial score (nSPS) is 12.1. The molecule has 7 nitrogen and oxygen atoms in total. The minimum Gasteiger partial charge on any atom is -0.309 e. The Morgan fingerprint density at radius 3 is 0.929 bits per heavy atom. The first-order valence-electron chi connectivity index (χ1n) is 31.1. The van der Waals surface area contributed by atoms with Crippen molar-refractivity contribution in [1.82, 2.24) is 18.3 Å². The van der Waals surface area contributed by atoms with E-state index in [9.17, 15) is 31.6 Å². The fourth-order valence-corrected chi connectivity index (χ4v) is 14.3. The molecule has 0 aliphatic heterocycles. The van der Waals surface area contributed by atoms with Crippen LogP contribution in [0, 0.1) is 52.2 Å². The number of para-hydroxylation sites is 4. The van der Waals surface area contributed by atoms with Crippen molar-refractivity contribution in [2.75, 3.05) is 0 Å². The van der Waals surface area contributed by atoms with Crippen LogP contribution in [0.15, 0.2) is 231 Å². The molecule has 0 bridgehead atoms. The quantitative estimate of drug-likeness (QED) is 0.121. The zero-order chi connectivity index (χ0) is 68.4. The molecule has 0 fully saturated rings. The van der Waals surface area contributed by atoms with E-state index in [1.54, 1.807) is 59.2 Å². The Bertz CT molecular complexity index is 6190. The van der Waals surface area contributed by atoms with E-state index in [1.165, 1.54) is 28.8 Å². The van der Waals surface area contributed by atoms with Crippen LogP contribution in [0.3, 0.4) is 0 Å². The van der Waals surface area contributed by atoms with Crippen molar-refractivity contribution >= 4 is 98.6 Å². The van der Waals surface area contributed by atoms with E-state index in [0.29, 0.717) is 44.2 Å². The lowest BCUT2D eigenvalue weighted by Gasteiger charge is -2.24. The highest BCUT2D eigenvalue weighted by molar-refractivity contribution is 6.14. The minimum absolute atomic E-state index is 0.128. The number of nitriles is 1. The van der Waals surface area contributed by atoms with Gasteiger partial charge >= 0.3 is 18.5 Å². The number of alkyl halides is 9. The SMILES string of the molecule is [C-]#[N+]c1cccc(C(F)(F)F)c1-c1cc(-n2c3ccccc3c3ccc(C)cc32)c(C#N)cc1-n1c2ccccc2c2ccc(C)cc21.[C-]#[N+]c1cccc(C(F)(F)F)c1-c1cc(-n2c3ccccc3c3ccc(C)cc32)c(C(F)(F)F)cc1-n1c2ccccc2c2ccc(C)cc21. The zero-order valence-electron chi connectivity index (χ0n) is 52.5. The number of rotatable bonds is 6. The first kappa shape index (κ1) is 61.8. The second kappa shape index (κ2) is 23.0. The third kappa shape index (κ3) is 9.96. The summed E-state index contributed by atoms with van der Waals surface area (Å²) in [5.74, 6) is 0. The average molecular weight is 1300 g/mol. The van der Waals surface area contributed by atoms with Crippen molar-refractivity contribution in [3.63, 3.8) is 0 Å². The van der Waals surface area contributed by atoms with Gasteiger partial charge in [0, 0.05) is 54.2 Å². The number of aromatic nitrogens is 4. The second-order valence-electron chi connectivity index (χ2n) is 24.5. The summed E-state index contributed by atoms with van der Waals surface area (Å²) in [7, 11) is 0. The highest BCUT2D eigenvalue weighted by atomic mass is 19.4. The summed E-state index contributed by atoms with van der Waals surface area (Å²) >= 11 is 0. The smallest absolute Gasteiger partial charge is 0.309 e. The Morgan fingerprint density at radius 2 is 0.602 bits per heavy atom. The Kier molecular flexibility index (Phi) is 14.5. The van der Waals surface area contributed by atoms with Gasteiger partial charge in [-0.3, -0.25) is 0 Å². The molecule has 16 heteroatoms. The topological polar surface area (TPSA) is 52.2 Å². The molecule has 12 aromatic carbocycles. The van der Waals surface area contributed by atoms with Crippen LogP contribution < -0.4 is 0 Å². The molecule has 0 spiro atoms. The first-order chi connectivity index (χ1) is 47.1. The van der Waals surface area contributed by atoms with Crippen LogP contribution in [0.25, 0.3) is 142 Å².